The molecule has 1 fully saturated rings. The average molecular weight is 460 g/mol. The van der Waals surface area contributed by atoms with Gasteiger partial charge in [-0.2, -0.15) is 16.5 Å². The van der Waals surface area contributed by atoms with Crippen molar-refractivity contribution in [3.8, 4) is 0 Å². The fraction of sp³-hybridized carbons (Fsp3) is 0.600. The minimum atomic E-state index is -4.20. The average Bonchev–Trinajstić information content (AvgIpc) is 2.71. The Morgan fingerprint density at radius 2 is 1.90 bits per heavy atom. The first-order valence-corrected chi connectivity index (χ1v) is 13.0. The Kier molecular flexibility index (Phi) is 10.1. The fourth-order valence-electron chi connectivity index (χ4n) is 3.36. The van der Waals surface area contributed by atoms with Crippen molar-refractivity contribution in [2.75, 3.05) is 18.6 Å². The van der Waals surface area contributed by atoms with Crippen LogP contribution in [0.15, 0.2) is 29.2 Å². The van der Waals surface area contributed by atoms with Gasteiger partial charge in [-0.15, -0.1) is 0 Å². The molecule has 1 unspecified atom stereocenters. The molecule has 0 heterocycles. The van der Waals surface area contributed by atoms with E-state index < -0.39 is 32.7 Å². The lowest BCUT2D eigenvalue weighted by Crippen LogP contribution is -2.48. The third kappa shape index (κ3) is 7.88. The van der Waals surface area contributed by atoms with E-state index in [-0.39, 0.29) is 31.3 Å². The van der Waals surface area contributed by atoms with Gasteiger partial charge < -0.3 is 10.6 Å². The Bertz CT molecular complexity index is 814. The number of nitrogens with one attached hydrogen (secondary N) is 3. The number of carbonyl (C=O) groups excluding carboxylic acids is 2. The summed E-state index contributed by atoms with van der Waals surface area (Å²) in [6.45, 7) is 0.106. The number of hydrogen-bond acceptors (Lipinski definition) is 5. The third-order valence-electron chi connectivity index (χ3n) is 4.97. The van der Waals surface area contributed by atoms with Crippen molar-refractivity contribution in [2.45, 2.75) is 61.9 Å². The van der Waals surface area contributed by atoms with Gasteiger partial charge in [0.15, 0.2) is 0 Å². The first kappa shape index (κ1) is 24.6. The summed E-state index contributed by atoms with van der Waals surface area (Å²) in [5.41, 5.74) is 0. The molecule has 0 saturated heterocycles. The van der Waals surface area contributed by atoms with E-state index in [1.807, 2.05) is 6.26 Å². The van der Waals surface area contributed by atoms with Gasteiger partial charge in [0.2, 0.25) is 21.8 Å². The van der Waals surface area contributed by atoms with Gasteiger partial charge >= 0.3 is 0 Å². The number of thioether (sulfide) groups is 1. The van der Waals surface area contributed by atoms with Crippen LogP contribution < -0.4 is 15.4 Å². The van der Waals surface area contributed by atoms with E-state index >= 15 is 0 Å². The van der Waals surface area contributed by atoms with Gasteiger partial charge in [0, 0.05) is 19.0 Å². The predicted molar refractivity (Wildman–Crippen MR) is 116 cm³/mol. The summed E-state index contributed by atoms with van der Waals surface area (Å²) in [5.74, 6) is -1.00. The topological polar surface area (TPSA) is 104 Å². The molecule has 0 aromatic heterocycles. The predicted octanol–water partition coefficient (Wildman–Crippen LogP) is 2.18. The van der Waals surface area contributed by atoms with Crippen molar-refractivity contribution in [3.05, 3.63) is 30.1 Å². The molecule has 0 bridgehead atoms. The van der Waals surface area contributed by atoms with E-state index in [0.717, 1.165) is 37.8 Å². The molecule has 10 heteroatoms. The van der Waals surface area contributed by atoms with Crippen LogP contribution in [0.3, 0.4) is 0 Å². The summed E-state index contributed by atoms with van der Waals surface area (Å²) >= 11 is 1.47. The quantitative estimate of drug-likeness (QED) is 0.471. The Hall–Kier alpha value is -1.65. The normalized spacial score (nSPS) is 16.1. The molecule has 168 valence electrons. The maximum atomic E-state index is 13.9. The molecule has 1 aliphatic carbocycles. The maximum absolute atomic E-state index is 13.9. The summed E-state index contributed by atoms with van der Waals surface area (Å²) in [5, 5.41) is 5.59. The van der Waals surface area contributed by atoms with Gasteiger partial charge in [-0.3, -0.25) is 9.59 Å². The standard InChI is InChI=1S/C20H30FN3O4S2/c1-29-14-12-17(24-30(27,28)18-10-6-5-9-16(18)21)20(26)22-13-11-19(25)23-15-7-3-2-4-8-15/h5-6,9-10,15,17,24H,2-4,7-8,11-14H2,1H3,(H,22,26)(H,23,25). The molecule has 1 atom stereocenters. The van der Waals surface area contributed by atoms with Crippen LogP contribution in [0, 0.1) is 5.82 Å². The number of sulfonamides is 1. The maximum Gasteiger partial charge on any atom is 0.244 e. The summed E-state index contributed by atoms with van der Waals surface area (Å²) in [6.07, 6.45) is 7.59. The fourth-order valence-corrected chi connectivity index (χ4v) is 5.14. The first-order chi connectivity index (χ1) is 14.3. The smallest absolute Gasteiger partial charge is 0.244 e. The molecule has 0 radical (unpaired) electrons. The molecule has 2 rings (SSSR count). The molecule has 30 heavy (non-hydrogen) atoms. The van der Waals surface area contributed by atoms with Crippen LogP contribution in [0.25, 0.3) is 0 Å². The Morgan fingerprint density at radius 1 is 1.20 bits per heavy atom. The lowest BCUT2D eigenvalue weighted by Gasteiger charge is -2.23. The van der Waals surface area contributed by atoms with Crippen molar-refractivity contribution in [1.29, 1.82) is 0 Å². The molecular weight excluding hydrogens is 429 g/mol. The van der Waals surface area contributed by atoms with E-state index in [2.05, 4.69) is 15.4 Å². The van der Waals surface area contributed by atoms with Gasteiger partial charge in [0.1, 0.15) is 16.8 Å². The van der Waals surface area contributed by atoms with Crippen LogP contribution in [-0.4, -0.2) is 50.9 Å². The van der Waals surface area contributed by atoms with Gasteiger partial charge in [-0.05, 0) is 43.4 Å². The van der Waals surface area contributed by atoms with E-state index in [4.69, 9.17) is 0 Å². The second-order valence-corrected chi connectivity index (χ2v) is 10.00. The van der Waals surface area contributed by atoms with E-state index in [1.165, 1.54) is 30.3 Å². The van der Waals surface area contributed by atoms with Gasteiger partial charge in [-0.1, -0.05) is 31.4 Å². The molecule has 2 amide bonds. The van der Waals surface area contributed by atoms with Crippen molar-refractivity contribution in [3.63, 3.8) is 0 Å². The van der Waals surface area contributed by atoms with Crippen molar-refractivity contribution < 1.29 is 22.4 Å². The highest BCUT2D eigenvalue weighted by Crippen LogP contribution is 2.17. The second-order valence-electron chi connectivity index (χ2n) is 7.33. The van der Waals surface area contributed by atoms with Crippen LogP contribution in [0.1, 0.15) is 44.9 Å². The molecule has 1 aromatic rings. The van der Waals surface area contributed by atoms with Crippen LogP contribution in [-0.2, 0) is 19.6 Å². The zero-order valence-corrected chi connectivity index (χ0v) is 18.8. The molecule has 1 aliphatic rings. The van der Waals surface area contributed by atoms with Crippen LogP contribution >= 0.6 is 11.8 Å². The van der Waals surface area contributed by atoms with Crippen molar-refractivity contribution in [2.24, 2.45) is 0 Å². The van der Waals surface area contributed by atoms with E-state index in [9.17, 15) is 22.4 Å². The van der Waals surface area contributed by atoms with Crippen molar-refractivity contribution >= 4 is 33.6 Å². The SMILES string of the molecule is CSCCC(NS(=O)(=O)c1ccccc1F)C(=O)NCCC(=O)NC1CCCCC1. The lowest BCUT2D eigenvalue weighted by molar-refractivity contribution is -0.123. The molecule has 0 spiro atoms. The van der Waals surface area contributed by atoms with E-state index in [0.29, 0.717) is 5.75 Å². The number of hydrogen-bond donors (Lipinski definition) is 3. The zero-order valence-electron chi connectivity index (χ0n) is 17.2. The van der Waals surface area contributed by atoms with E-state index in [1.54, 1.807) is 0 Å². The van der Waals surface area contributed by atoms with Crippen LogP contribution in [0.5, 0.6) is 0 Å². The van der Waals surface area contributed by atoms with Gasteiger partial charge in [-0.25, -0.2) is 12.8 Å². The highest BCUT2D eigenvalue weighted by Gasteiger charge is 2.27. The number of amides is 2. The number of benzene rings is 1. The van der Waals surface area contributed by atoms with Crippen LogP contribution in [0.2, 0.25) is 0 Å². The van der Waals surface area contributed by atoms with Crippen LogP contribution in [0.4, 0.5) is 4.39 Å². The van der Waals surface area contributed by atoms with Crippen molar-refractivity contribution in [1.82, 2.24) is 15.4 Å². The number of rotatable bonds is 11. The minimum absolute atomic E-state index is 0.106. The first-order valence-electron chi connectivity index (χ1n) is 10.2. The largest absolute Gasteiger partial charge is 0.354 e. The Balaban J connectivity index is 1.89. The highest BCUT2D eigenvalue weighted by atomic mass is 32.2. The lowest BCUT2D eigenvalue weighted by atomic mass is 9.95. The molecular formula is C20H30FN3O4S2. The Labute approximate surface area is 182 Å². The second kappa shape index (κ2) is 12.3. The molecule has 0 aliphatic heterocycles. The summed E-state index contributed by atoms with van der Waals surface area (Å²) in [4.78, 5) is 24.1. The number of carbonyl (C=O) groups is 2. The third-order valence-corrected chi connectivity index (χ3v) is 7.12. The number of halogens is 1. The van der Waals surface area contributed by atoms with Gasteiger partial charge in [0.25, 0.3) is 0 Å². The minimum Gasteiger partial charge on any atom is -0.354 e. The molecule has 7 nitrogen and oxygen atoms in total. The summed E-state index contributed by atoms with van der Waals surface area (Å²) < 4.78 is 41.3. The molecule has 1 saturated carbocycles. The van der Waals surface area contributed by atoms with Gasteiger partial charge in [0.05, 0.1) is 0 Å². The zero-order chi connectivity index (χ0) is 22.0. The monoisotopic (exact) mass is 459 g/mol. The Morgan fingerprint density at radius 3 is 2.57 bits per heavy atom. The summed E-state index contributed by atoms with van der Waals surface area (Å²) in [6, 6.07) is 4.16. The molecule has 1 aromatic carbocycles. The molecule has 3 N–H and O–H groups in total. The summed E-state index contributed by atoms with van der Waals surface area (Å²) in [7, 11) is -4.20. The highest BCUT2D eigenvalue weighted by molar-refractivity contribution is 7.98.